The summed E-state index contributed by atoms with van der Waals surface area (Å²) in [6, 6.07) is 18.7. The third-order valence-corrected chi connectivity index (χ3v) is 4.32. The Morgan fingerprint density at radius 1 is 0.643 bits per heavy atom. The van der Waals surface area contributed by atoms with Crippen LogP contribution in [-0.4, -0.2) is 15.8 Å². The number of carbonyl (C=O) groups is 1. The van der Waals surface area contributed by atoms with Crippen LogP contribution in [0, 0.1) is 11.6 Å². The van der Waals surface area contributed by atoms with Crippen molar-refractivity contribution in [1.82, 2.24) is 9.97 Å². The molecule has 0 N–H and O–H groups in total. The van der Waals surface area contributed by atoms with E-state index < -0.39 is 17.4 Å². The Balaban J connectivity index is 1.85. The molecule has 0 unspecified atom stereocenters. The fourth-order valence-corrected chi connectivity index (χ4v) is 3.06. The zero-order chi connectivity index (χ0) is 19.5. The summed E-state index contributed by atoms with van der Waals surface area (Å²) >= 11 is 0. The Morgan fingerprint density at radius 2 is 1.11 bits per heavy atom. The van der Waals surface area contributed by atoms with Crippen LogP contribution >= 0.6 is 0 Å². The number of nitrogens with zero attached hydrogens (tertiary/aromatic N) is 2. The summed E-state index contributed by atoms with van der Waals surface area (Å²) < 4.78 is 27.4. The largest absolute Gasteiger partial charge is 0.285 e. The number of hydrogen-bond donors (Lipinski definition) is 0. The number of carbonyl (C=O) groups excluding carboxylic acids is 1. The molecule has 0 amide bonds. The molecule has 0 aliphatic carbocycles. The van der Waals surface area contributed by atoms with E-state index in [-0.39, 0.29) is 11.4 Å². The van der Waals surface area contributed by atoms with Crippen molar-refractivity contribution in [2.75, 3.05) is 0 Å². The zero-order valence-electron chi connectivity index (χ0n) is 14.6. The van der Waals surface area contributed by atoms with E-state index in [9.17, 15) is 13.6 Å². The van der Waals surface area contributed by atoms with E-state index in [0.29, 0.717) is 22.3 Å². The molecule has 136 valence electrons. The van der Waals surface area contributed by atoms with E-state index in [1.165, 1.54) is 36.7 Å². The average molecular weight is 372 g/mol. The van der Waals surface area contributed by atoms with Crippen molar-refractivity contribution in [2.24, 2.45) is 0 Å². The van der Waals surface area contributed by atoms with Gasteiger partial charge < -0.3 is 0 Å². The number of hydrogen-bond acceptors (Lipinski definition) is 3. The highest BCUT2D eigenvalue weighted by atomic mass is 19.1. The quantitative estimate of drug-likeness (QED) is 0.455. The van der Waals surface area contributed by atoms with E-state index in [2.05, 4.69) is 9.97 Å². The molecule has 3 nitrogen and oxygen atoms in total. The third-order valence-electron chi connectivity index (χ3n) is 4.32. The SMILES string of the molecule is O=C(c1ncccc1-c1cccc(F)c1)c1ncccc1-c1cccc(F)c1. The third kappa shape index (κ3) is 3.42. The molecule has 0 saturated heterocycles. The highest BCUT2D eigenvalue weighted by Gasteiger charge is 2.21. The predicted octanol–water partition coefficient (Wildman–Crippen LogP) is 5.32. The molecule has 0 aliphatic rings. The van der Waals surface area contributed by atoms with Gasteiger partial charge in [-0.15, -0.1) is 0 Å². The van der Waals surface area contributed by atoms with Gasteiger partial charge in [-0.3, -0.25) is 14.8 Å². The van der Waals surface area contributed by atoms with Gasteiger partial charge >= 0.3 is 0 Å². The Labute approximate surface area is 160 Å². The lowest BCUT2D eigenvalue weighted by Crippen LogP contribution is -2.10. The number of pyridine rings is 2. The Kier molecular flexibility index (Phi) is 4.72. The normalized spacial score (nSPS) is 10.6. The van der Waals surface area contributed by atoms with Crippen molar-refractivity contribution in [2.45, 2.75) is 0 Å². The number of aromatic nitrogens is 2. The molecule has 2 aromatic heterocycles. The van der Waals surface area contributed by atoms with Crippen molar-refractivity contribution in [3.63, 3.8) is 0 Å². The summed E-state index contributed by atoms with van der Waals surface area (Å²) in [7, 11) is 0. The van der Waals surface area contributed by atoms with E-state index in [1.54, 1.807) is 48.5 Å². The van der Waals surface area contributed by atoms with Crippen molar-refractivity contribution < 1.29 is 13.6 Å². The molecule has 4 rings (SSSR count). The topological polar surface area (TPSA) is 42.9 Å². The highest BCUT2D eigenvalue weighted by Crippen LogP contribution is 2.28. The van der Waals surface area contributed by atoms with E-state index >= 15 is 0 Å². The molecule has 2 aromatic carbocycles. The summed E-state index contributed by atoms with van der Waals surface area (Å²) in [5.41, 5.74) is 2.40. The number of halogens is 2. The van der Waals surface area contributed by atoms with Crippen LogP contribution in [0.25, 0.3) is 22.3 Å². The first-order valence-electron chi connectivity index (χ1n) is 8.60. The maximum atomic E-state index is 13.7. The molecule has 0 radical (unpaired) electrons. The second-order valence-corrected chi connectivity index (χ2v) is 6.15. The molecular weight excluding hydrogens is 358 g/mol. The molecule has 2 heterocycles. The Bertz CT molecular complexity index is 1080. The van der Waals surface area contributed by atoms with Crippen LogP contribution in [-0.2, 0) is 0 Å². The summed E-state index contributed by atoms with van der Waals surface area (Å²) in [5.74, 6) is -1.23. The number of rotatable bonds is 4. The van der Waals surface area contributed by atoms with Crippen LogP contribution in [0.1, 0.15) is 16.2 Å². The second-order valence-electron chi connectivity index (χ2n) is 6.15. The van der Waals surface area contributed by atoms with E-state index in [0.717, 1.165) is 0 Å². The zero-order valence-corrected chi connectivity index (χ0v) is 14.6. The van der Waals surface area contributed by atoms with Crippen LogP contribution in [0.5, 0.6) is 0 Å². The van der Waals surface area contributed by atoms with Crippen LogP contribution < -0.4 is 0 Å². The van der Waals surface area contributed by atoms with Gasteiger partial charge in [0, 0.05) is 23.5 Å². The van der Waals surface area contributed by atoms with Gasteiger partial charge in [0.15, 0.2) is 0 Å². The van der Waals surface area contributed by atoms with Crippen LogP contribution in [0.15, 0.2) is 85.2 Å². The monoisotopic (exact) mass is 372 g/mol. The van der Waals surface area contributed by atoms with Gasteiger partial charge in [0.1, 0.15) is 23.0 Å². The van der Waals surface area contributed by atoms with E-state index in [4.69, 9.17) is 0 Å². The lowest BCUT2D eigenvalue weighted by Gasteiger charge is -2.11. The van der Waals surface area contributed by atoms with Crippen LogP contribution in [0.2, 0.25) is 0 Å². The summed E-state index contributed by atoms with van der Waals surface area (Å²) in [4.78, 5) is 21.7. The highest BCUT2D eigenvalue weighted by molar-refractivity contribution is 6.13. The molecule has 0 aliphatic heterocycles. The molecule has 28 heavy (non-hydrogen) atoms. The van der Waals surface area contributed by atoms with Gasteiger partial charge in [-0.1, -0.05) is 36.4 Å². The van der Waals surface area contributed by atoms with Crippen molar-refractivity contribution in [1.29, 1.82) is 0 Å². The fraction of sp³-hybridized carbons (Fsp3) is 0. The molecule has 4 aromatic rings. The minimum atomic E-state index is -0.417. The summed E-state index contributed by atoms with van der Waals surface area (Å²) in [6.07, 6.45) is 3.00. The van der Waals surface area contributed by atoms with Gasteiger partial charge in [0.2, 0.25) is 5.78 Å². The van der Waals surface area contributed by atoms with Gasteiger partial charge in [-0.2, -0.15) is 0 Å². The summed E-state index contributed by atoms with van der Waals surface area (Å²) in [6.45, 7) is 0. The number of benzene rings is 2. The Morgan fingerprint density at radius 3 is 1.54 bits per heavy atom. The maximum Gasteiger partial charge on any atom is 0.230 e. The average Bonchev–Trinajstić information content (AvgIpc) is 2.73. The first kappa shape index (κ1) is 17.7. The molecule has 0 fully saturated rings. The first-order valence-corrected chi connectivity index (χ1v) is 8.60. The molecule has 0 spiro atoms. The van der Waals surface area contributed by atoms with Gasteiger partial charge in [0.25, 0.3) is 0 Å². The van der Waals surface area contributed by atoms with Crippen LogP contribution in [0.4, 0.5) is 8.78 Å². The van der Waals surface area contributed by atoms with Crippen LogP contribution in [0.3, 0.4) is 0 Å². The van der Waals surface area contributed by atoms with Crippen molar-refractivity contribution in [3.05, 3.63) is 108 Å². The predicted molar refractivity (Wildman–Crippen MR) is 103 cm³/mol. The van der Waals surface area contributed by atoms with Gasteiger partial charge in [-0.25, -0.2) is 8.78 Å². The smallest absolute Gasteiger partial charge is 0.230 e. The Hall–Kier alpha value is -3.73. The van der Waals surface area contributed by atoms with E-state index in [1.807, 2.05) is 0 Å². The minimum Gasteiger partial charge on any atom is -0.285 e. The van der Waals surface area contributed by atoms with Gasteiger partial charge in [0.05, 0.1) is 0 Å². The lowest BCUT2D eigenvalue weighted by molar-refractivity contribution is 0.103. The summed E-state index contributed by atoms with van der Waals surface area (Å²) in [5, 5.41) is 0. The standard InChI is InChI=1S/C23H14F2N2O/c24-17-7-1-5-15(13-17)19-9-3-11-26-21(19)23(28)22-20(10-4-12-27-22)16-6-2-8-18(25)14-16/h1-14H. The molecule has 0 saturated carbocycles. The van der Waals surface area contributed by atoms with Gasteiger partial charge in [-0.05, 0) is 47.5 Å². The molecule has 0 bridgehead atoms. The fourth-order valence-electron chi connectivity index (χ4n) is 3.06. The maximum absolute atomic E-state index is 13.7. The number of ketones is 1. The minimum absolute atomic E-state index is 0.157. The molecule has 5 heteroatoms. The van der Waals surface area contributed by atoms with Crippen molar-refractivity contribution in [3.8, 4) is 22.3 Å². The second kappa shape index (κ2) is 7.48. The van der Waals surface area contributed by atoms with Crippen molar-refractivity contribution >= 4 is 5.78 Å². The lowest BCUT2D eigenvalue weighted by atomic mass is 9.96. The first-order chi connectivity index (χ1) is 13.6. The molecular formula is C23H14F2N2O. The molecule has 0 atom stereocenters.